The topological polar surface area (TPSA) is 126 Å². The molecule has 37 heavy (non-hydrogen) atoms. The van der Waals surface area contributed by atoms with Crippen molar-refractivity contribution < 1.29 is 39.4 Å². The second-order valence-corrected chi connectivity index (χ2v) is 11.2. The molecule has 0 spiro atoms. The Morgan fingerprint density at radius 3 is 1.68 bits per heavy atom. The van der Waals surface area contributed by atoms with Gasteiger partial charge in [-0.1, -0.05) is 78.2 Å². The number of carbonyl (C=O) groups is 1. The molecule has 8 heteroatoms. The van der Waals surface area contributed by atoms with Crippen molar-refractivity contribution in [3.05, 3.63) is 11.6 Å². The molecule has 8 nitrogen and oxygen atoms in total. The Morgan fingerprint density at radius 2 is 1.16 bits per heavy atom. The molecule has 0 aromatic carbocycles. The van der Waals surface area contributed by atoms with Gasteiger partial charge in [-0.2, -0.15) is 0 Å². The van der Waals surface area contributed by atoms with Crippen molar-refractivity contribution in [3.63, 3.8) is 0 Å². The first kappa shape index (κ1) is 36.0. The summed E-state index contributed by atoms with van der Waals surface area (Å²) in [6.07, 6.45) is 9.49. The average Bonchev–Trinajstić information content (AvgIpc) is 2.82. The van der Waals surface area contributed by atoms with Crippen LogP contribution in [0.2, 0.25) is 0 Å². The molecule has 0 saturated carbocycles. The maximum Gasteiger partial charge on any atom is 0.330 e. The third kappa shape index (κ3) is 23.8. The van der Waals surface area contributed by atoms with Gasteiger partial charge in [0.15, 0.2) is 0 Å². The molecule has 0 aromatic rings. The van der Waals surface area contributed by atoms with E-state index >= 15 is 0 Å². The summed E-state index contributed by atoms with van der Waals surface area (Å²) < 4.78 is 15.3. The van der Waals surface area contributed by atoms with Crippen LogP contribution in [0.4, 0.5) is 0 Å². The van der Waals surface area contributed by atoms with Crippen LogP contribution in [0, 0.1) is 17.8 Å². The fourth-order valence-electron chi connectivity index (χ4n) is 4.03. The number of rotatable bonds is 24. The molecule has 0 amide bonds. The standard InChI is InChI=1S/C29H56O8/c1-22(2)9-6-10-23(3)11-7-12-24(4)13-8-14-25(5)15-29(34)37-21-28(33)20-36-19-27(32)18-35-17-26(31)16-30/h15,22-24,26-28,30-33H,6-14,16-21H2,1-5H3. The summed E-state index contributed by atoms with van der Waals surface area (Å²) in [6, 6.07) is 0. The number of esters is 1. The summed E-state index contributed by atoms with van der Waals surface area (Å²) in [4.78, 5) is 12.0. The number of aliphatic hydroxyl groups is 4. The molecule has 0 saturated heterocycles. The molecule has 0 aliphatic carbocycles. The van der Waals surface area contributed by atoms with Crippen molar-refractivity contribution in [2.24, 2.45) is 17.8 Å². The average molecular weight is 533 g/mol. The molecule has 0 fully saturated rings. The van der Waals surface area contributed by atoms with Crippen LogP contribution in [-0.2, 0) is 19.0 Å². The molecule has 0 aliphatic rings. The van der Waals surface area contributed by atoms with Crippen LogP contribution in [0.5, 0.6) is 0 Å². The highest BCUT2D eigenvalue weighted by molar-refractivity contribution is 5.82. The van der Waals surface area contributed by atoms with Crippen LogP contribution in [0.25, 0.3) is 0 Å². The number of ether oxygens (including phenoxy) is 3. The van der Waals surface area contributed by atoms with Crippen LogP contribution in [0.15, 0.2) is 11.6 Å². The van der Waals surface area contributed by atoms with Crippen LogP contribution in [0.3, 0.4) is 0 Å². The number of allylic oxidation sites excluding steroid dienone is 1. The van der Waals surface area contributed by atoms with E-state index in [1.807, 2.05) is 6.92 Å². The summed E-state index contributed by atoms with van der Waals surface area (Å²) in [6.45, 7) is 10.3. The van der Waals surface area contributed by atoms with Gasteiger partial charge in [0.05, 0.1) is 33.0 Å². The first-order valence-corrected chi connectivity index (χ1v) is 14.2. The lowest BCUT2D eigenvalue weighted by Gasteiger charge is -2.15. The van der Waals surface area contributed by atoms with Gasteiger partial charge in [-0.25, -0.2) is 4.79 Å². The Bertz CT molecular complexity index is 580. The second kappa shape index (κ2) is 22.9. The van der Waals surface area contributed by atoms with Crippen LogP contribution >= 0.6 is 0 Å². The summed E-state index contributed by atoms with van der Waals surface area (Å²) in [5, 5.41) is 37.4. The molecule has 0 aliphatic heterocycles. The quantitative estimate of drug-likeness (QED) is 0.108. The van der Waals surface area contributed by atoms with E-state index in [1.165, 1.54) is 44.6 Å². The Kier molecular flexibility index (Phi) is 22.3. The Balaban J connectivity index is 3.87. The van der Waals surface area contributed by atoms with Gasteiger partial charge in [-0.05, 0) is 37.5 Å². The zero-order valence-electron chi connectivity index (χ0n) is 24.1. The van der Waals surface area contributed by atoms with E-state index in [2.05, 4.69) is 27.7 Å². The van der Waals surface area contributed by atoms with E-state index in [-0.39, 0.29) is 33.0 Å². The zero-order chi connectivity index (χ0) is 28.1. The van der Waals surface area contributed by atoms with Gasteiger partial charge < -0.3 is 34.6 Å². The minimum absolute atomic E-state index is 0.0667. The molecule has 4 N–H and O–H groups in total. The highest BCUT2D eigenvalue weighted by Gasteiger charge is 2.12. The van der Waals surface area contributed by atoms with Crippen LogP contribution in [0.1, 0.15) is 92.4 Å². The normalized spacial score (nSPS) is 16.4. The third-order valence-corrected chi connectivity index (χ3v) is 6.37. The molecule has 0 aromatic heterocycles. The molecule has 0 bridgehead atoms. The third-order valence-electron chi connectivity index (χ3n) is 6.37. The number of aliphatic hydroxyl groups excluding tert-OH is 4. The smallest absolute Gasteiger partial charge is 0.330 e. The largest absolute Gasteiger partial charge is 0.460 e. The van der Waals surface area contributed by atoms with E-state index in [9.17, 15) is 15.0 Å². The number of carbonyl (C=O) groups excluding carboxylic acids is 1. The van der Waals surface area contributed by atoms with Crippen molar-refractivity contribution in [2.45, 2.75) is 111 Å². The van der Waals surface area contributed by atoms with Crippen LogP contribution < -0.4 is 0 Å². The lowest BCUT2D eigenvalue weighted by Crippen LogP contribution is -2.29. The van der Waals surface area contributed by atoms with Gasteiger partial charge in [-0.15, -0.1) is 0 Å². The predicted molar refractivity (Wildman–Crippen MR) is 146 cm³/mol. The van der Waals surface area contributed by atoms with E-state index in [1.54, 1.807) is 0 Å². The highest BCUT2D eigenvalue weighted by Crippen LogP contribution is 2.22. The van der Waals surface area contributed by atoms with Crippen molar-refractivity contribution in [3.8, 4) is 0 Å². The van der Waals surface area contributed by atoms with Crippen LogP contribution in [-0.4, -0.2) is 84.3 Å². The zero-order valence-corrected chi connectivity index (χ0v) is 24.1. The van der Waals surface area contributed by atoms with Gasteiger partial charge in [0.2, 0.25) is 0 Å². The van der Waals surface area contributed by atoms with E-state index in [0.29, 0.717) is 5.92 Å². The molecule has 0 radical (unpaired) electrons. The molecular formula is C29H56O8. The number of hydrogen-bond acceptors (Lipinski definition) is 8. The maximum absolute atomic E-state index is 12.0. The van der Waals surface area contributed by atoms with Crippen molar-refractivity contribution in [1.82, 2.24) is 0 Å². The van der Waals surface area contributed by atoms with Gasteiger partial charge in [0.1, 0.15) is 24.9 Å². The van der Waals surface area contributed by atoms with Gasteiger partial charge >= 0.3 is 5.97 Å². The molecule has 0 heterocycles. The molecule has 220 valence electrons. The summed E-state index contributed by atoms with van der Waals surface area (Å²) in [5.41, 5.74) is 0.969. The summed E-state index contributed by atoms with van der Waals surface area (Å²) in [7, 11) is 0. The lowest BCUT2D eigenvalue weighted by atomic mass is 9.91. The maximum atomic E-state index is 12.0. The van der Waals surface area contributed by atoms with E-state index < -0.39 is 30.9 Å². The van der Waals surface area contributed by atoms with E-state index in [4.69, 9.17) is 24.4 Å². The first-order valence-electron chi connectivity index (χ1n) is 14.2. The fraction of sp³-hybridized carbons (Fsp3) is 0.897. The monoisotopic (exact) mass is 532 g/mol. The molecule has 5 unspecified atom stereocenters. The Morgan fingerprint density at radius 1 is 0.703 bits per heavy atom. The minimum Gasteiger partial charge on any atom is -0.460 e. The van der Waals surface area contributed by atoms with Gasteiger partial charge in [-0.3, -0.25) is 0 Å². The van der Waals surface area contributed by atoms with Crippen molar-refractivity contribution >= 4 is 5.97 Å². The Labute approximate surface area is 225 Å². The first-order chi connectivity index (χ1) is 17.5. The van der Waals surface area contributed by atoms with Gasteiger partial charge in [0, 0.05) is 6.08 Å². The summed E-state index contributed by atoms with van der Waals surface area (Å²) >= 11 is 0. The second-order valence-electron chi connectivity index (χ2n) is 11.2. The molecule has 5 atom stereocenters. The Hall–Kier alpha value is -1.03. The SMILES string of the molecule is CC(=CC(=O)OCC(O)COCC(O)COCC(O)CO)CCCC(C)CCCC(C)CCCC(C)C. The minimum atomic E-state index is -0.999. The van der Waals surface area contributed by atoms with Crippen molar-refractivity contribution in [1.29, 1.82) is 0 Å². The summed E-state index contributed by atoms with van der Waals surface area (Å²) in [5.74, 6) is 1.83. The van der Waals surface area contributed by atoms with Crippen molar-refractivity contribution in [2.75, 3.05) is 39.6 Å². The fourth-order valence-corrected chi connectivity index (χ4v) is 4.03. The lowest BCUT2D eigenvalue weighted by molar-refractivity contribution is -0.142. The molecular weight excluding hydrogens is 476 g/mol. The number of hydrogen-bond donors (Lipinski definition) is 4. The highest BCUT2D eigenvalue weighted by atomic mass is 16.6. The van der Waals surface area contributed by atoms with E-state index in [0.717, 1.165) is 36.7 Å². The molecule has 0 rings (SSSR count). The van der Waals surface area contributed by atoms with Gasteiger partial charge in [0.25, 0.3) is 0 Å². The predicted octanol–water partition coefficient (Wildman–Crippen LogP) is 4.02.